The maximum atomic E-state index is 14.3. The lowest BCUT2D eigenvalue weighted by molar-refractivity contribution is 0.628. The Labute approximate surface area is 114 Å². The van der Waals surface area contributed by atoms with Gasteiger partial charge >= 0.3 is 0 Å². The Morgan fingerprint density at radius 3 is 2.00 bits per heavy atom. The highest BCUT2D eigenvalue weighted by atomic mass is 31.0. The van der Waals surface area contributed by atoms with E-state index in [4.69, 9.17) is 21.5 Å². The number of rotatable bonds is 0. The van der Waals surface area contributed by atoms with Crippen molar-refractivity contribution in [1.29, 1.82) is 15.8 Å². The number of halogens is 1. The molecule has 8 heteroatoms. The normalized spacial score (nSPS) is 10.9. The second kappa shape index (κ2) is 5.82. The van der Waals surface area contributed by atoms with E-state index in [1.807, 2.05) is 0 Å². The Bertz CT molecular complexity index is 761. The molecular formula is C11H8BFN4P2. The molecule has 2 N–H and O–H groups in total. The zero-order chi connectivity index (χ0) is 14.7. The standard InChI is InChI=1S/C11H8BFN4P2/c12-8-7(5(17)3-16)9(13)11(19)6(10(8)18)4(1-14)2-15/h12,17-19H2/b7-5-. The fourth-order valence-electron chi connectivity index (χ4n) is 1.66. The first kappa shape index (κ1) is 15.1. The lowest BCUT2D eigenvalue weighted by Crippen LogP contribution is -2.53. The van der Waals surface area contributed by atoms with Gasteiger partial charge in [-0.1, -0.05) is 5.46 Å². The van der Waals surface area contributed by atoms with Crippen molar-refractivity contribution in [3.8, 4) is 18.2 Å². The van der Waals surface area contributed by atoms with Gasteiger partial charge in [0.05, 0.1) is 0 Å². The molecular weight excluding hydrogens is 280 g/mol. The smallest absolute Gasteiger partial charge is 0.141 e. The number of nitriles is 3. The summed E-state index contributed by atoms with van der Waals surface area (Å²) in [5.74, 6) is -0.717. The minimum atomic E-state index is -0.717. The molecule has 1 aromatic carbocycles. The van der Waals surface area contributed by atoms with Gasteiger partial charge in [-0.15, -0.1) is 18.5 Å². The number of nitrogens with two attached hydrogens (primary N) is 1. The molecule has 0 fully saturated rings. The van der Waals surface area contributed by atoms with E-state index in [1.165, 1.54) is 0 Å². The first-order chi connectivity index (χ1) is 8.90. The second-order valence-electron chi connectivity index (χ2n) is 3.64. The Morgan fingerprint density at radius 2 is 1.58 bits per heavy atom. The minimum Gasteiger partial charge on any atom is -0.390 e. The molecule has 1 aromatic rings. The van der Waals surface area contributed by atoms with Gasteiger partial charge in [-0.25, -0.2) is 4.39 Å². The molecule has 4 nitrogen and oxygen atoms in total. The zero-order valence-corrected chi connectivity index (χ0v) is 12.3. The quantitative estimate of drug-likeness (QED) is 0.403. The SMILES string of the molecule is Bc1c(P)c(=C(C#N)C#N)c(P)c(F)/c1=C(\N)C#N. The summed E-state index contributed by atoms with van der Waals surface area (Å²) in [5, 5.41) is 27.3. The third-order valence-corrected chi connectivity index (χ3v) is 3.90. The minimum absolute atomic E-state index is 0.00326. The van der Waals surface area contributed by atoms with Crippen molar-refractivity contribution in [2.75, 3.05) is 0 Å². The average molecular weight is 288 g/mol. The number of hydrogen-bond acceptors (Lipinski definition) is 4. The van der Waals surface area contributed by atoms with Crippen LogP contribution in [0, 0.1) is 39.8 Å². The molecule has 2 atom stereocenters. The third kappa shape index (κ3) is 2.45. The molecule has 92 valence electrons. The third-order valence-electron chi connectivity index (χ3n) is 2.64. The largest absolute Gasteiger partial charge is 0.390 e. The Morgan fingerprint density at radius 1 is 1.05 bits per heavy atom. The van der Waals surface area contributed by atoms with Gasteiger partial charge in [0.1, 0.15) is 43.1 Å². The summed E-state index contributed by atoms with van der Waals surface area (Å²) < 4.78 is 14.3. The van der Waals surface area contributed by atoms with Gasteiger partial charge in [0, 0.05) is 15.7 Å². The topological polar surface area (TPSA) is 97.4 Å². The zero-order valence-electron chi connectivity index (χ0n) is 9.95. The summed E-state index contributed by atoms with van der Waals surface area (Å²) in [5.41, 5.74) is 5.45. The van der Waals surface area contributed by atoms with Gasteiger partial charge in [-0.05, 0) is 5.30 Å². The van der Waals surface area contributed by atoms with Crippen LogP contribution in [0.2, 0.25) is 0 Å². The lowest BCUT2D eigenvalue weighted by atomic mass is 9.90. The van der Waals surface area contributed by atoms with Crippen LogP contribution in [0.1, 0.15) is 0 Å². The summed E-state index contributed by atoms with van der Waals surface area (Å²) >= 11 is 0. The monoisotopic (exact) mass is 288 g/mol. The van der Waals surface area contributed by atoms with Crippen molar-refractivity contribution < 1.29 is 4.39 Å². The van der Waals surface area contributed by atoms with Gasteiger partial charge in [0.25, 0.3) is 0 Å². The predicted molar refractivity (Wildman–Crippen MR) is 80.4 cm³/mol. The van der Waals surface area contributed by atoms with E-state index in [-0.39, 0.29) is 27.0 Å². The molecule has 0 bridgehead atoms. The van der Waals surface area contributed by atoms with E-state index in [0.717, 1.165) is 0 Å². The average Bonchev–Trinajstić information content (AvgIpc) is 2.41. The molecule has 0 amide bonds. The molecule has 1 rings (SSSR count). The van der Waals surface area contributed by atoms with Gasteiger partial charge < -0.3 is 5.73 Å². The summed E-state index contributed by atoms with van der Waals surface area (Å²) in [6.45, 7) is 0. The summed E-state index contributed by atoms with van der Waals surface area (Å²) in [4.78, 5) is 0. The Balaban J connectivity index is 4.28. The van der Waals surface area contributed by atoms with Crippen LogP contribution in [0.5, 0.6) is 0 Å². The van der Waals surface area contributed by atoms with Crippen LogP contribution in [0.4, 0.5) is 4.39 Å². The highest BCUT2D eigenvalue weighted by Gasteiger charge is 2.14. The van der Waals surface area contributed by atoms with E-state index < -0.39 is 5.82 Å². The maximum Gasteiger partial charge on any atom is 0.141 e. The first-order valence-corrected chi connectivity index (χ1v) is 6.13. The van der Waals surface area contributed by atoms with Crippen molar-refractivity contribution in [3.05, 3.63) is 16.3 Å². The second-order valence-corrected chi connectivity index (χ2v) is 4.80. The number of nitrogens with zero attached hydrogens (tertiary/aromatic N) is 3. The molecule has 0 aromatic heterocycles. The lowest BCUT2D eigenvalue weighted by Gasteiger charge is -2.09. The van der Waals surface area contributed by atoms with Gasteiger partial charge in [0.2, 0.25) is 0 Å². The molecule has 0 radical (unpaired) electrons. The van der Waals surface area contributed by atoms with Gasteiger partial charge in [-0.2, -0.15) is 15.8 Å². The molecule has 0 aliphatic rings. The van der Waals surface area contributed by atoms with Crippen molar-refractivity contribution >= 4 is 53.7 Å². The van der Waals surface area contributed by atoms with E-state index >= 15 is 0 Å². The highest BCUT2D eigenvalue weighted by Crippen LogP contribution is 1.93. The fraction of sp³-hybridized carbons (Fsp3) is 0. The van der Waals surface area contributed by atoms with Crippen molar-refractivity contribution in [3.63, 3.8) is 0 Å². The molecule has 0 heterocycles. The number of benzene rings is 1. The Hall–Kier alpha value is -1.92. The molecule has 19 heavy (non-hydrogen) atoms. The highest BCUT2D eigenvalue weighted by molar-refractivity contribution is 7.30. The van der Waals surface area contributed by atoms with Crippen molar-refractivity contribution in [2.24, 2.45) is 5.73 Å². The molecule has 0 aliphatic carbocycles. The van der Waals surface area contributed by atoms with Gasteiger partial charge in [-0.3, -0.25) is 0 Å². The summed E-state index contributed by atoms with van der Waals surface area (Å²) in [6.07, 6.45) is 0. The van der Waals surface area contributed by atoms with Crippen LogP contribution in [-0.4, -0.2) is 7.85 Å². The first-order valence-electron chi connectivity index (χ1n) is 4.98. The van der Waals surface area contributed by atoms with E-state index in [9.17, 15) is 4.39 Å². The van der Waals surface area contributed by atoms with E-state index in [0.29, 0.717) is 10.8 Å². The van der Waals surface area contributed by atoms with E-state index in [2.05, 4.69) is 18.5 Å². The van der Waals surface area contributed by atoms with Crippen molar-refractivity contribution in [2.45, 2.75) is 0 Å². The predicted octanol–water partition coefficient (Wildman–Crippen LogP) is -3.13. The summed E-state index contributed by atoms with van der Waals surface area (Å²) in [6, 6.07) is 5.15. The molecule has 0 saturated heterocycles. The van der Waals surface area contributed by atoms with Crippen LogP contribution in [0.3, 0.4) is 0 Å². The van der Waals surface area contributed by atoms with E-state index in [1.54, 1.807) is 26.1 Å². The van der Waals surface area contributed by atoms with Crippen LogP contribution >= 0.6 is 18.5 Å². The maximum absolute atomic E-state index is 14.3. The van der Waals surface area contributed by atoms with Crippen LogP contribution in [-0.2, 0) is 0 Å². The molecule has 0 saturated carbocycles. The molecule has 2 unspecified atom stereocenters. The van der Waals surface area contributed by atoms with Crippen LogP contribution < -0.4 is 32.2 Å². The molecule has 0 spiro atoms. The number of hydrogen-bond donors (Lipinski definition) is 1. The fourth-order valence-corrected chi connectivity index (χ4v) is 2.71. The van der Waals surface area contributed by atoms with Crippen LogP contribution in [0.25, 0.3) is 11.3 Å². The van der Waals surface area contributed by atoms with Gasteiger partial charge in [0.15, 0.2) is 0 Å². The Kier molecular flexibility index (Phi) is 4.64. The molecule has 0 aliphatic heterocycles. The van der Waals surface area contributed by atoms with Crippen molar-refractivity contribution in [1.82, 2.24) is 0 Å². The van der Waals surface area contributed by atoms with Crippen LogP contribution in [0.15, 0.2) is 0 Å². The summed E-state index contributed by atoms with van der Waals surface area (Å²) in [7, 11) is 6.06.